The van der Waals surface area contributed by atoms with E-state index in [4.69, 9.17) is 27.6 Å². The quantitative estimate of drug-likeness (QED) is 0.321. The van der Waals surface area contributed by atoms with Crippen LogP contribution in [0, 0.1) is 0 Å². The monoisotopic (exact) mass is 459 g/mol. The zero-order valence-electron chi connectivity index (χ0n) is 15.5. The van der Waals surface area contributed by atoms with E-state index in [1.54, 1.807) is 54.8 Å². The number of furan rings is 1. The number of hydrogen-bond donors (Lipinski definition) is 1. The third kappa shape index (κ3) is 4.38. The number of rotatable bonds is 6. The molecule has 6 nitrogen and oxygen atoms in total. The van der Waals surface area contributed by atoms with Gasteiger partial charge in [-0.15, -0.1) is 0 Å². The Morgan fingerprint density at radius 2 is 1.83 bits per heavy atom. The van der Waals surface area contributed by atoms with E-state index in [9.17, 15) is 9.59 Å². The average Bonchev–Trinajstić information content (AvgIpc) is 3.25. The normalized spacial score (nSPS) is 11.0. The average molecular weight is 460 g/mol. The highest BCUT2D eigenvalue weighted by molar-refractivity contribution is 7.99. The van der Waals surface area contributed by atoms with Gasteiger partial charge in [0, 0.05) is 0 Å². The molecule has 1 N–H and O–H groups in total. The molecule has 0 saturated carbocycles. The molecule has 0 saturated heterocycles. The van der Waals surface area contributed by atoms with Crippen LogP contribution < -0.4 is 10.9 Å². The number of amides is 1. The van der Waals surface area contributed by atoms with Crippen LogP contribution in [0.2, 0.25) is 10.0 Å². The van der Waals surface area contributed by atoms with Gasteiger partial charge < -0.3 is 9.73 Å². The topological polar surface area (TPSA) is 77.1 Å². The van der Waals surface area contributed by atoms with Gasteiger partial charge in [0.25, 0.3) is 5.56 Å². The summed E-state index contributed by atoms with van der Waals surface area (Å²) in [6.07, 6.45) is 1.54. The molecule has 0 unspecified atom stereocenters. The molecule has 0 aliphatic carbocycles. The fraction of sp³-hybridized carbons (Fsp3) is 0.0952. The molecule has 0 radical (unpaired) electrons. The molecule has 1 amide bonds. The van der Waals surface area contributed by atoms with Gasteiger partial charge in [0.15, 0.2) is 5.16 Å². The second kappa shape index (κ2) is 8.95. The lowest BCUT2D eigenvalue weighted by molar-refractivity contribution is -0.113. The van der Waals surface area contributed by atoms with Gasteiger partial charge >= 0.3 is 0 Å². The molecular formula is C21H15Cl2N3O3S. The molecule has 9 heteroatoms. The molecule has 0 aliphatic rings. The standard InChI is InChI=1S/C21H15Cl2N3O3S/c22-15-7-3-8-16(23)19(15)25-18(27)12-30-21-24-17-9-2-1-6-14(17)20(28)26(21)11-13-5-4-10-29-13/h1-10H,11-12H2,(H,25,27). The zero-order valence-corrected chi connectivity index (χ0v) is 17.8. The van der Waals surface area contributed by atoms with Crippen LogP contribution in [0.1, 0.15) is 5.76 Å². The van der Waals surface area contributed by atoms with Crippen LogP contribution in [0.25, 0.3) is 10.9 Å². The molecule has 0 spiro atoms. The predicted molar refractivity (Wildman–Crippen MR) is 120 cm³/mol. The van der Waals surface area contributed by atoms with E-state index in [2.05, 4.69) is 10.3 Å². The molecule has 0 bridgehead atoms. The lowest BCUT2D eigenvalue weighted by Gasteiger charge is -2.13. The maximum absolute atomic E-state index is 13.0. The summed E-state index contributed by atoms with van der Waals surface area (Å²) in [5, 5.41) is 4.31. The number of nitrogens with zero attached hydrogens (tertiary/aromatic N) is 2. The van der Waals surface area contributed by atoms with E-state index in [-0.39, 0.29) is 23.8 Å². The fourth-order valence-corrected chi connectivity index (χ4v) is 4.17. The van der Waals surface area contributed by atoms with E-state index in [0.717, 1.165) is 11.8 Å². The first kappa shape index (κ1) is 20.5. The van der Waals surface area contributed by atoms with Crippen molar-refractivity contribution in [3.8, 4) is 0 Å². The lowest BCUT2D eigenvalue weighted by atomic mass is 10.2. The van der Waals surface area contributed by atoms with Gasteiger partial charge in [0.2, 0.25) is 5.91 Å². The third-order valence-corrected chi connectivity index (χ3v) is 5.89. The summed E-state index contributed by atoms with van der Waals surface area (Å²) in [5.74, 6) is 0.315. The Hall–Kier alpha value is -2.74. The maximum Gasteiger partial charge on any atom is 0.262 e. The smallest absolute Gasteiger partial charge is 0.262 e. The molecule has 30 heavy (non-hydrogen) atoms. The van der Waals surface area contributed by atoms with Crippen LogP contribution in [-0.4, -0.2) is 21.2 Å². The highest BCUT2D eigenvalue weighted by Crippen LogP contribution is 2.30. The molecule has 2 aromatic carbocycles. The summed E-state index contributed by atoms with van der Waals surface area (Å²) in [7, 11) is 0. The highest BCUT2D eigenvalue weighted by atomic mass is 35.5. The Morgan fingerprint density at radius 3 is 2.57 bits per heavy atom. The van der Waals surface area contributed by atoms with Crippen LogP contribution in [0.4, 0.5) is 5.69 Å². The van der Waals surface area contributed by atoms with Crippen molar-refractivity contribution in [2.75, 3.05) is 11.1 Å². The minimum Gasteiger partial charge on any atom is -0.467 e. The third-order valence-electron chi connectivity index (χ3n) is 4.28. The Labute approximate surface area is 185 Å². The van der Waals surface area contributed by atoms with Gasteiger partial charge in [-0.2, -0.15) is 0 Å². The second-order valence-electron chi connectivity index (χ2n) is 6.32. The molecule has 0 fully saturated rings. The lowest BCUT2D eigenvalue weighted by Crippen LogP contribution is -2.24. The Morgan fingerprint density at radius 1 is 1.07 bits per heavy atom. The van der Waals surface area contributed by atoms with E-state index >= 15 is 0 Å². The van der Waals surface area contributed by atoms with Gasteiger partial charge in [-0.05, 0) is 36.4 Å². The second-order valence-corrected chi connectivity index (χ2v) is 8.07. The van der Waals surface area contributed by atoms with Crippen LogP contribution in [0.5, 0.6) is 0 Å². The van der Waals surface area contributed by atoms with Crippen molar-refractivity contribution in [1.29, 1.82) is 0 Å². The molecule has 4 aromatic rings. The minimum atomic E-state index is -0.318. The number of fused-ring (bicyclic) bond motifs is 1. The van der Waals surface area contributed by atoms with Crippen LogP contribution >= 0.6 is 35.0 Å². The van der Waals surface area contributed by atoms with Crippen molar-refractivity contribution in [3.63, 3.8) is 0 Å². The van der Waals surface area contributed by atoms with Gasteiger partial charge in [0.1, 0.15) is 5.76 Å². The molecule has 0 atom stereocenters. The van der Waals surface area contributed by atoms with Gasteiger partial charge in [-0.3, -0.25) is 14.2 Å². The summed E-state index contributed by atoms with van der Waals surface area (Å²) >= 11 is 13.4. The van der Waals surface area contributed by atoms with Crippen LogP contribution in [0.15, 0.2) is 75.2 Å². The summed E-state index contributed by atoms with van der Waals surface area (Å²) in [6, 6.07) is 15.6. The maximum atomic E-state index is 13.0. The molecular weight excluding hydrogens is 445 g/mol. The van der Waals surface area contributed by atoms with E-state index in [1.165, 1.54) is 4.57 Å². The number of carbonyl (C=O) groups is 1. The predicted octanol–water partition coefficient (Wildman–Crippen LogP) is 5.08. The van der Waals surface area contributed by atoms with Crippen molar-refractivity contribution in [3.05, 3.63) is 87.0 Å². The molecule has 152 valence electrons. The first-order chi connectivity index (χ1) is 14.5. The number of thioether (sulfide) groups is 1. The molecule has 4 rings (SSSR count). The van der Waals surface area contributed by atoms with Crippen molar-refractivity contribution in [1.82, 2.24) is 9.55 Å². The Balaban J connectivity index is 1.61. The van der Waals surface area contributed by atoms with Crippen molar-refractivity contribution >= 4 is 57.5 Å². The van der Waals surface area contributed by atoms with E-state index < -0.39 is 0 Å². The van der Waals surface area contributed by atoms with Crippen LogP contribution in [0.3, 0.4) is 0 Å². The Bertz CT molecular complexity index is 1250. The van der Waals surface area contributed by atoms with E-state index in [1.807, 2.05) is 6.07 Å². The van der Waals surface area contributed by atoms with Gasteiger partial charge in [-0.1, -0.05) is 53.2 Å². The minimum absolute atomic E-state index is 0.0183. The largest absolute Gasteiger partial charge is 0.467 e. The summed E-state index contributed by atoms with van der Waals surface area (Å²) in [5.41, 5.74) is 0.718. The first-order valence-electron chi connectivity index (χ1n) is 8.91. The van der Waals surface area contributed by atoms with E-state index in [0.29, 0.717) is 37.6 Å². The zero-order chi connectivity index (χ0) is 21.1. The number of aromatic nitrogens is 2. The summed E-state index contributed by atoms with van der Waals surface area (Å²) < 4.78 is 6.89. The van der Waals surface area contributed by atoms with Crippen molar-refractivity contribution < 1.29 is 9.21 Å². The first-order valence-corrected chi connectivity index (χ1v) is 10.7. The number of anilines is 1. The Kier molecular flexibility index (Phi) is 6.13. The highest BCUT2D eigenvalue weighted by Gasteiger charge is 2.16. The number of para-hydroxylation sites is 2. The number of halogens is 2. The summed E-state index contributed by atoms with van der Waals surface area (Å²) in [4.78, 5) is 30.1. The number of nitrogens with one attached hydrogen (secondary N) is 1. The summed E-state index contributed by atoms with van der Waals surface area (Å²) in [6.45, 7) is 0.212. The van der Waals surface area contributed by atoms with Gasteiger partial charge in [0.05, 0.1) is 45.2 Å². The SMILES string of the molecule is O=C(CSc1nc2ccccc2c(=O)n1Cc1ccco1)Nc1c(Cl)cccc1Cl. The fourth-order valence-electron chi connectivity index (χ4n) is 2.88. The number of benzene rings is 2. The number of hydrogen-bond acceptors (Lipinski definition) is 5. The molecule has 2 aromatic heterocycles. The van der Waals surface area contributed by atoms with Crippen molar-refractivity contribution in [2.45, 2.75) is 11.7 Å². The number of carbonyl (C=O) groups excluding carboxylic acids is 1. The van der Waals surface area contributed by atoms with Crippen LogP contribution in [-0.2, 0) is 11.3 Å². The molecule has 0 aliphatic heterocycles. The molecule has 2 heterocycles. The van der Waals surface area contributed by atoms with Crippen molar-refractivity contribution in [2.24, 2.45) is 0 Å². The van der Waals surface area contributed by atoms with Gasteiger partial charge in [-0.25, -0.2) is 4.98 Å².